The van der Waals surface area contributed by atoms with Gasteiger partial charge in [0, 0.05) is 5.02 Å². The quantitative estimate of drug-likeness (QED) is 0.660. The summed E-state index contributed by atoms with van der Waals surface area (Å²) >= 11 is 5.52. The van der Waals surface area contributed by atoms with Crippen LogP contribution < -0.4 is 10.6 Å². The van der Waals surface area contributed by atoms with Crippen LogP contribution >= 0.6 is 11.6 Å². The first-order chi connectivity index (χ1) is 8.40. The van der Waals surface area contributed by atoms with Gasteiger partial charge in [-0.3, -0.25) is 0 Å². The zero-order valence-corrected chi connectivity index (χ0v) is 9.74. The Morgan fingerprint density at radius 3 is 2.67 bits per heavy atom. The second-order valence-corrected chi connectivity index (χ2v) is 3.75. The SMILES string of the molecule is O=C(NC[C@H](O)C(=O)O)Nc1ccc(Cl)cc1F. The van der Waals surface area contributed by atoms with Gasteiger partial charge < -0.3 is 20.8 Å². The predicted octanol–water partition coefficient (Wildman–Crippen LogP) is 1.05. The average Bonchev–Trinajstić information content (AvgIpc) is 2.29. The lowest BCUT2D eigenvalue weighted by Crippen LogP contribution is -2.38. The summed E-state index contributed by atoms with van der Waals surface area (Å²) < 4.78 is 13.3. The summed E-state index contributed by atoms with van der Waals surface area (Å²) in [5, 5.41) is 21.7. The van der Waals surface area contributed by atoms with Crippen LogP contribution in [0.5, 0.6) is 0 Å². The summed E-state index contributed by atoms with van der Waals surface area (Å²) in [6, 6.07) is 2.82. The molecule has 0 fully saturated rings. The number of carbonyl (C=O) groups is 2. The van der Waals surface area contributed by atoms with Crippen LogP contribution in [0, 0.1) is 5.82 Å². The van der Waals surface area contributed by atoms with Gasteiger partial charge in [-0.15, -0.1) is 0 Å². The average molecular weight is 277 g/mol. The maximum atomic E-state index is 13.3. The minimum Gasteiger partial charge on any atom is -0.479 e. The molecule has 0 aliphatic heterocycles. The van der Waals surface area contributed by atoms with Gasteiger partial charge in [0.2, 0.25) is 0 Å². The third kappa shape index (κ3) is 4.19. The fourth-order valence-electron chi connectivity index (χ4n) is 1.03. The van der Waals surface area contributed by atoms with Gasteiger partial charge in [-0.2, -0.15) is 0 Å². The van der Waals surface area contributed by atoms with Crippen molar-refractivity contribution in [2.75, 3.05) is 11.9 Å². The number of carboxylic acid groups (broad SMARTS) is 1. The van der Waals surface area contributed by atoms with Crippen LogP contribution in [0.15, 0.2) is 18.2 Å². The summed E-state index contributed by atoms with van der Waals surface area (Å²) in [7, 11) is 0. The van der Waals surface area contributed by atoms with E-state index < -0.39 is 30.5 Å². The Hall–Kier alpha value is -1.86. The number of carbonyl (C=O) groups excluding carboxylic acids is 1. The van der Waals surface area contributed by atoms with Crippen LogP contribution in [0.25, 0.3) is 0 Å². The molecule has 0 spiro atoms. The lowest BCUT2D eigenvalue weighted by atomic mass is 10.3. The number of aliphatic hydroxyl groups excluding tert-OH is 1. The topological polar surface area (TPSA) is 98.7 Å². The zero-order chi connectivity index (χ0) is 13.7. The van der Waals surface area contributed by atoms with Crippen molar-refractivity contribution in [2.24, 2.45) is 0 Å². The number of hydrogen-bond acceptors (Lipinski definition) is 3. The lowest BCUT2D eigenvalue weighted by Gasteiger charge is -2.10. The maximum Gasteiger partial charge on any atom is 0.334 e. The fourth-order valence-corrected chi connectivity index (χ4v) is 1.19. The van der Waals surface area contributed by atoms with E-state index in [1.807, 2.05) is 0 Å². The highest BCUT2D eigenvalue weighted by atomic mass is 35.5. The Labute approximate surface area is 106 Å². The fraction of sp³-hybridized carbons (Fsp3) is 0.200. The monoisotopic (exact) mass is 276 g/mol. The van der Waals surface area contributed by atoms with Crippen molar-refractivity contribution >= 4 is 29.3 Å². The molecule has 0 saturated carbocycles. The third-order valence-corrected chi connectivity index (χ3v) is 2.16. The third-order valence-electron chi connectivity index (χ3n) is 1.92. The number of aliphatic carboxylic acids is 1. The van der Waals surface area contributed by atoms with Crippen molar-refractivity contribution in [2.45, 2.75) is 6.10 Å². The number of benzene rings is 1. The lowest BCUT2D eigenvalue weighted by molar-refractivity contribution is -0.146. The molecule has 4 N–H and O–H groups in total. The molecule has 98 valence electrons. The van der Waals surface area contributed by atoms with Gasteiger partial charge >= 0.3 is 12.0 Å². The maximum absolute atomic E-state index is 13.3. The molecule has 0 aliphatic carbocycles. The normalized spacial score (nSPS) is 11.7. The van der Waals surface area contributed by atoms with E-state index in [0.717, 1.165) is 6.07 Å². The number of urea groups is 1. The Morgan fingerprint density at radius 1 is 1.44 bits per heavy atom. The number of nitrogens with one attached hydrogen (secondary N) is 2. The molecule has 18 heavy (non-hydrogen) atoms. The molecular formula is C10H10ClFN2O4. The summed E-state index contributed by atoms with van der Waals surface area (Å²) in [4.78, 5) is 21.5. The van der Waals surface area contributed by atoms with Gasteiger partial charge in [0.25, 0.3) is 0 Å². The van der Waals surface area contributed by atoms with Gasteiger partial charge in [0.1, 0.15) is 5.82 Å². The van der Waals surface area contributed by atoms with Crippen molar-refractivity contribution < 1.29 is 24.2 Å². The van der Waals surface area contributed by atoms with Crippen LogP contribution in [0.2, 0.25) is 5.02 Å². The molecule has 0 aromatic heterocycles. The first-order valence-electron chi connectivity index (χ1n) is 4.81. The van der Waals surface area contributed by atoms with Crippen LogP contribution in [0.3, 0.4) is 0 Å². The predicted molar refractivity (Wildman–Crippen MR) is 62.1 cm³/mol. The van der Waals surface area contributed by atoms with Crippen molar-refractivity contribution in [1.29, 1.82) is 0 Å². The highest BCUT2D eigenvalue weighted by Gasteiger charge is 2.14. The molecular weight excluding hydrogens is 267 g/mol. The number of aliphatic hydroxyl groups is 1. The van der Waals surface area contributed by atoms with Crippen molar-refractivity contribution in [3.8, 4) is 0 Å². The molecule has 0 saturated heterocycles. The van der Waals surface area contributed by atoms with Crippen molar-refractivity contribution in [1.82, 2.24) is 5.32 Å². The second-order valence-electron chi connectivity index (χ2n) is 3.31. The number of anilines is 1. The molecule has 1 atom stereocenters. The highest BCUT2D eigenvalue weighted by molar-refractivity contribution is 6.30. The Morgan fingerprint density at radius 2 is 2.11 bits per heavy atom. The molecule has 0 aliphatic rings. The minimum absolute atomic E-state index is 0.110. The Kier molecular flexibility index (Phi) is 4.87. The second kappa shape index (κ2) is 6.18. The van der Waals surface area contributed by atoms with E-state index in [1.54, 1.807) is 0 Å². The number of amides is 2. The molecule has 8 heteroatoms. The van der Waals surface area contributed by atoms with Gasteiger partial charge in [-0.05, 0) is 18.2 Å². The molecule has 2 amide bonds. The molecule has 0 unspecified atom stereocenters. The first kappa shape index (κ1) is 14.2. The van der Waals surface area contributed by atoms with E-state index >= 15 is 0 Å². The summed E-state index contributed by atoms with van der Waals surface area (Å²) in [6.45, 7) is -0.490. The summed E-state index contributed by atoms with van der Waals surface area (Å²) in [6.07, 6.45) is -1.72. The summed E-state index contributed by atoms with van der Waals surface area (Å²) in [5.41, 5.74) is -0.110. The smallest absolute Gasteiger partial charge is 0.334 e. The largest absolute Gasteiger partial charge is 0.479 e. The molecule has 6 nitrogen and oxygen atoms in total. The van der Waals surface area contributed by atoms with Gasteiger partial charge in [-0.1, -0.05) is 11.6 Å². The van der Waals surface area contributed by atoms with Gasteiger partial charge in [-0.25, -0.2) is 14.0 Å². The van der Waals surface area contributed by atoms with Crippen LogP contribution in [-0.2, 0) is 4.79 Å². The Balaban J connectivity index is 2.52. The molecule has 0 bridgehead atoms. The van der Waals surface area contributed by atoms with E-state index in [0.29, 0.717) is 0 Å². The number of halogens is 2. The number of hydrogen-bond donors (Lipinski definition) is 4. The van der Waals surface area contributed by atoms with E-state index in [-0.39, 0.29) is 10.7 Å². The highest BCUT2D eigenvalue weighted by Crippen LogP contribution is 2.18. The van der Waals surface area contributed by atoms with Crippen LogP contribution in [0.1, 0.15) is 0 Å². The molecule has 1 aromatic rings. The van der Waals surface area contributed by atoms with E-state index in [2.05, 4.69) is 10.6 Å². The molecule has 0 heterocycles. The zero-order valence-electron chi connectivity index (χ0n) is 8.98. The minimum atomic E-state index is -1.72. The molecule has 1 aromatic carbocycles. The van der Waals surface area contributed by atoms with Crippen molar-refractivity contribution in [3.05, 3.63) is 29.0 Å². The van der Waals surface area contributed by atoms with Crippen LogP contribution in [0.4, 0.5) is 14.9 Å². The van der Waals surface area contributed by atoms with Crippen LogP contribution in [-0.4, -0.2) is 34.9 Å². The van der Waals surface area contributed by atoms with Gasteiger partial charge in [0.05, 0.1) is 12.2 Å². The van der Waals surface area contributed by atoms with E-state index in [9.17, 15) is 14.0 Å². The number of rotatable bonds is 4. The Bertz CT molecular complexity index is 469. The van der Waals surface area contributed by atoms with Gasteiger partial charge in [0.15, 0.2) is 6.10 Å². The summed E-state index contributed by atoms with van der Waals surface area (Å²) in [5.74, 6) is -2.19. The molecule has 0 radical (unpaired) electrons. The van der Waals surface area contributed by atoms with E-state index in [4.69, 9.17) is 21.8 Å². The van der Waals surface area contributed by atoms with Crippen molar-refractivity contribution in [3.63, 3.8) is 0 Å². The number of carboxylic acids is 1. The standard InChI is InChI=1S/C10H10ClFN2O4/c11-5-1-2-7(6(12)3-5)14-10(18)13-4-8(15)9(16)17/h1-3,8,15H,4H2,(H,16,17)(H2,13,14,18)/t8-/m0/s1. The first-order valence-corrected chi connectivity index (χ1v) is 5.18. The molecule has 1 rings (SSSR count). The van der Waals surface area contributed by atoms with E-state index in [1.165, 1.54) is 12.1 Å².